The molecule has 0 aromatic carbocycles. The quantitative estimate of drug-likeness (QED) is 0.650. The van der Waals surface area contributed by atoms with Gasteiger partial charge in [0.25, 0.3) is 0 Å². The van der Waals surface area contributed by atoms with E-state index in [0.717, 1.165) is 10.7 Å². The van der Waals surface area contributed by atoms with E-state index in [1.165, 1.54) is 18.9 Å². The summed E-state index contributed by atoms with van der Waals surface area (Å²) in [5.74, 6) is 1.71. The van der Waals surface area contributed by atoms with E-state index in [2.05, 4.69) is 20.1 Å². The van der Waals surface area contributed by atoms with Crippen molar-refractivity contribution in [3.8, 4) is 0 Å². The average Bonchev–Trinajstić information content (AvgIpc) is 2.88. The summed E-state index contributed by atoms with van der Waals surface area (Å²) in [6.45, 7) is 0. The summed E-state index contributed by atoms with van der Waals surface area (Å²) in [7, 11) is 3.20. The number of aromatic nitrogens is 3. The van der Waals surface area contributed by atoms with Crippen molar-refractivity contribution in [2.45, 2.75) is 11.3 Å². The van der Waals surface area contributed by atoms with Crippen LogP contribution in [0.4, 0.5) is 11.6 Å². The Bertz CT molecular complexity index is 632. The Morgan fingerprint density at radius 1 is 1.48 bits per heavy atom. The fraction of sp³-hybridized carbons (Fsp3) is 0.308. The molecule has 2 rings (SSSR count). The first-order chi connectivity index (χ1) is 10.1. The van der Waals surface area contributed by atoms with Crippen molar-refractivity contribution in [2.24, 2.45) is 7.05 Å². The van der Waals surface area contributed by atoms with Crippen molar-refractivity contribution in [2.75, 3.05) is 18.2 Å². The van der Waals surface area contributed by atoms with Crippen LogP contribution in [0, 0.1) is 0 Å². The Hall–Kier alpha value is -1.73. The molecule has 2 heterocycles. The number of ether oxygens (including phenoxy) is 1. The highest BCUT2D eigenvalue weighted by atomic mass is 35.5. The second-order valence-electron chi connectivity index (χ2n) is 4.11. The average molecular weight is 327 g/mol. The third kappa shape index (κ3) is 4.12. The summed E-state index contributed by atoms with van der Waals surface area (Å²) in [5, 5.41) is 7.72. The van der Waals surface area contributed by atoms with Crippen LogP contribution in [-0.2, 0) is 16.6 Å². The minimum atomic E-state index is -0.235. The van der Waals surface area contributed by atoms with Gasteiger partial charge in [-0.15, -0.1) is 11.8 Å². The zero-order valence-electron chi connectivity index (χ0n) is 11.7. The highest BCUT2D eigenvalue weighted by Crippen LogP contribution is 2.33. The Labute approximate surface area is 131 Å². The normalized spacial score (nSPS) is 10.4. The van der Waals surface area contributed by atoms with Crippen LogP contribution in [0.25, 0.3) is 0 Å². The maximum absolute atomic E-state index is 11.1. The lowest BCUT2D eigenvalue weighted by Crippen LogP contribution is -2.02. The van der Waals surface area contributed by atoms with Crippen LogP contribution in [0.1, 0.15) is 6.42 Å². The molecule has 0 aliphatic heterocycles. The molecule has 6 nitrogen and oxygen atoms in total. The summed E-state index contributed by atoms with van der Waals surface area (Å²) in [5.41, 5.74) is 0. The largest absolute Gasteiger partial charge is 0.469 e. The smallest absolute Gasteiger partial charge is 0.306 e. The Balaban J connectivity index is 2.05. The minimum absolute atomic E-state index is 0.235. The van der Waals surface area contributed by atoms with Gasteiger partial charge in [-0.25, -0.2) is 4.98 Å². The lowest BCUT2D eigenvalue weighted by atomic mass is 10.4. The molecule has 0 saturated heterocycles. The number of anilines is 2. The summed E-state index contributed by atoms with van der Waals surface area (Å²) in [6, 6.07) is 3.65. The van der Waals surface area contributed by atoms with Gasteiger partial charge < -0.3 is 10.1 Å². The number of pyridine rings is 1. The fourth-order valence-corrected chi connectivity index (χ4v) is 2.78. The molecule has 0 fully saturated rings. The van der Waals surface area contributed by atoms with Gasteiger partial charge in [0.2, 0.25) is 0 Å². The van der Waals surface area contributed by atoms with E-state index >= 15 is 0 Å². The first-order valence-corrected chi connectivity index (χ1v) is 7.57. The van der Waals surface area contributed by atoms with Crippen molar-refractivity contribution in [1.29, 1.82) is 0 Å². The number of nitrogens with zero attached hydrogens (tertiary/aromatic N) is 3. The van der Waals surface area contributed by atoms with Gasteiger partial charge in [-0.05, 0) is 6.07 Å². The Kier molecular flexibility index (Phi) is 5.46. The summed E-state index contributed by atoms with van der Waals surface area (Å²) in [4.78, 5) is 16.2. The number of rotatable bonds is 6. The number of methoxy groups -OCH3 is 1. The zero-order chi connectivity index (χ0) is 15.2. The maximum atomic E-state index is 11.1. The standard InChI is InChI=1S/C13H15ClN4O2S/c1-18-10(4-7-16-18)17-13-12(14)9(3-6-15-13)21-8-5-11(19)20-2/h3-4,6-7H,5,8H2,1-2H3,(H,15,17). The van der Waals surface area contributed by atoms with E-state index in [1.54, 1.807) is 17.1 Å². The molecular formula is C13H15ClN4O2S. The Morgan fingerprint density at radius 3 is 2.95 bits per heavy atom. The molecule has 2 aromatic heterocycles. The number of hydrogen-bond donors (Lipinski definition) is 1. The molecule has 8 heteroatoms. The monoisotopic (exact) mass is 326 g/mol. The van der Waals surface area contributed by atoms with Crippen LogP contribution in [0.3, 0.4) is 0 Å². The van der Waals surface area contributed by atoms with Crippen molar-refractivity contribution in [3.05, 3.63) is 29.5 Å². The van der Waals surface area contributed by atoms with Crippen molar-refractivity contribution in [1.82, 2.24) is 14.8 Å². The number of hydrogen-bond acceptors (Lipinski definition) is 6. The van der Waals surface area contributed by atoms with E-state index in [0.29, 0.717) is 23.0 Å². The SMILES string of the molecule is COC(=O)CCSc1ccnc(Nc2ccnn2C)c1Cl. The third-order valence-electron chi connectivity index (χ3n) is 2.71. The van der Waals surface area contributed by atoms with E-state index in [9.17, 15) is 4.79 Å². The van der Waals surface area contributed by atoms with Crippen LogP contribution in [-0.4, -0.2) is 33.6 Å². The summed E-state index contributed by atoms with van der Waals surface area (Å²) in [6.07, 6.45) is 3.70. The molecule has 0 atom stereocenters. The number of nitrogens with one attached hydrogen (secondary N) is 1. The molecule has 0 bridgehead atoms. The van der Waals surface area contributed by atoms with E-state index < -0.39 is 0 Å². The molecule has 0 amide bonds. The van der Waals surface area contributed by atoms with Crippen LogP contribution in [0.2, 0.25) is 5.02 Å². The van der Waals surface area contributed by atoms with Crippen molar-refractivity contribution >= 4 is 41.0 Å². The number of aryl methyl sites for hydroxylation is 1. The van der Waals surface area contributed by atoms with Gasteiger partial charge in [0.15, 0.2) is 5.82 Å². The molecule has 0 saturated carbocycles. The number of carbonyl (C=O) groups excluding carboxylic acids is 1. The number of halogens is 1. The maximum Gasteiger partial charge on any atom is 0.306 e. The van der Waals surface area contributed by atoms with E-state index in [1.807, 2.05) is 19.2 Å². The lowest BCUT2D eigenvalue weighted by molar-refractivity contribution is -0.140. The predicted molar refractivity (Wildman–Crippen MR) is 83.1 cm³/mol. The summed E-state index contributed by atoms with van der Waals surface area (Å²) < 4.78 is 6.30. The number of carbonyl (C=O) groups is 1. The second-order valence-corrected chi connectivity index (χ2v) is 5.63. The van der Waals surface area contributed by atoms with Crippen molar-refractivity contribution < 1.29 is 9.53 Å². The predicted octanol–water partition coefficient (Wildman–Crippen LogP) is 2.87. The molecule has 0 aliphatic rings. The molecular weight excluding hydrogens is 312 g/mol. The zero-order valence-corrected chi connectivity index (χ0v) is 13.2. The van der Waals surface area contributed by atoms with E-state index in [-0.39, 0.29) is 5.97 Å². The second kappa shape index (κ2) is 7.33. The highest BCUT2D eigenvalue weighted by Gasteiger charge is 2.10. The minimum Gasteiger partial charge on any atom is -0.469 e. The first-order valence-electron chi connectivity index (χ1n) is 6.21. The number of esters is 1. The lowest BCUT2D eigenvalue weighted by Gasteiger charge is -2.10. The van der Waals surface area contributed by atoms with Crippen LogP contribution < -0.4 is 5.32 Å². The Morgan fingerprint density at radius 2 is 2.29 bits per heavy atom. The first kappa shape index (κ1) is 15.7. The van der Waals surface area contributed by atoms with Crippen molar-refractivity contribution in [3.63, 3.8) is 0 Å². The van der Waals surface area contributed by atoms with Crippen LogP contribution >= 0.6 is 23.4 Å². The molecule has 0 unspecified atom stereocenters. The van der Waals surface area contributed by atoms with Gasteiger partial charge in [-0.1, -0.05) is 11.6 Å². The topological polar surface area (TPSA) is 69.0 Å². The summed E-state index contributed by atoms with van der Waals surface area (Å²) >= 11 is 7.82. The van der Waals surface area contributed by atoms with Gasteiger partial charge in [0.05, 0.1) is 24.8 Å². The van der Waals surface area contributed by atoms with Gasteiger partial charge in [0, 0.05) is 30.0 Å². The molecule has 2 aromatic rings. The van der Waals surface area contributed by atoms with Gasteiger partial charge >= 0.3 is 5.97 Å². The third-order valence-corrected chi connectivity index (χ3v) is 4.27. The van der Waals surface area contributed by atoms with Gasteiger partial charge in [-0.3, -0.25) is 9.48 Å². The molecule has 0 radical (unpaired) electrons. The van der Waals surface area contributed by atoms with Gasteiger partial charge in [0.1, 0.15) is 5.82 Å². The molecule has 21 heavy (non-hydrogen) atoms. The molecule has 0 spiro atoms. The van der Waals surface area contributed by atoms with Crippen LogP contribution in [0.15, 0.2) is 29.4 Å². The number of thioether (sulfide) groups is 1. The molecule has 0 aliphatic carbocycles. The highest BCUT2D eigenvalue weighted by molar-refractivity contribution is 7.99. The molecule has 1 N–H and O–H groups in total. The van der Waals surface area contributed by atoms with E-state index in [4.69, 9.17) is 11.6 Å². The fourth-order valence-electron chi connectivity index (χ4n) is 1.59. The van der Waals surface area contributed by atoms with Crippen LogP contribution in [0.5, 0.6) is 0 Å². The molecule has 112 valence electrons. The van der Waals surface area contributed by atoms with Gasteiger partial charge in [-0.2, -0.15) is 5.10 Å².